The van der Waals surface area contributed by atoms with Crippen LogP contribution in [0.25, 0.3) is 0 Å². The molecule has 1 aromatic heterocycles. The van der Waals surface area contributed by atoms with Crippen LogP contribution < -0.4 is 15.4 Å². The minimum Gasteiger partial charge on any atom is -0.492 e. The molecule has 1 aromatic carbocycles. The van der Waals surface area contributed by atoms with Crippen molar-refractivity contribution in [3.8, 4) is 5.75 Å². The van der Waals surface area contributed by atoms with Gasteiger partial charge in [-0.05, 0) is 51.8 Å². The van der Waals surface area contributed by atoms with Gasteiger partial charge in [0.1, 0.15) is 12.4 Å². The van der Waals surface area contributed by atoms with Gasteiger partial charge in [-0.15, -0.1) is 24.0 Å². The number of aryl methyl sites for hydroxylation is 3. The predicted octanol–water partition coefficient (Wildman–Crippen LogP) is 3.14. The van der Waals surface area contributed by atoms with Crippen LogP contribution in [0, 0.1) is 20.8 Å². The molecule has 7 heteroatoms. The minimum atomic E-state index is 0. The predicted molar refractivity (Wildman–Crippen MR) is 122 cm³/mol. The summed E-state index contributed by atoms with van der Waals surface area (Å²) in [6.07, 6.45) is 0.909. The standard InChI is InChI=1S/C20H31N5O.HI/c1-14-7-9-18(10-8-14)26-12-11-22-20(21-5)23-15(2)13-19-16(3)24-25(6)17(19)4;/h7-10,15H,11-13H2,1-6H3,(H2,21,22,23);1H. The molecule has 2 N–H and O–H groups in total. The maximum atomic E-state index is 5.73. The summed E-state index contributed by atoms with van der Waals surface area (Å²) in [5.41, 5.74) is 4.83. The van der Waals surface area contributed by atoms with Crippen LogP contribution in [0.1, 0.15) is 29.4 Å². The van der Waals surface area contributed by atoms with Gasteiger partial charge in [-0.25, -0.2) is 0 Å². The van der Waals surface area contributed by atoms with Crippen molar-refractivity contribution in [2.24, 2.45) is 12.0 Å². The fraction of sp³-hybridized carbons (Fsp3) is 0.500. The molecule has 2 rings (SSSR count). The van der Waals surface area contributed by atoms with Gasteiger partial charge in [-0.1, -0.05) is 17.7 Å². The smallest absolute Gasteiger partial charge is 0.191 e. The molecule has 150 valence electrons. The molecule has 1 atom stereocenters. The molecule has 0 radical (unpaired) electrons. The van der Waals surface area contributed by atoms with Gasteiger partial charge in [0.05, 0.1) is 12.2 Å². The van der Waals surface area contributed by atoms with E-state index in [-0.39, 0.29) is 30.0 Å². The van der Waals surface area contributed by atoms with Crippen molar-refractivity contribution >= 4 is 29.9 Å². The van der Waals surface area contributed by atoms with Gasteiger partial charge < -0.3 is 15.4 Å². The maximum absolute atomic E-state index is 5.73. The Kier molecular flexibility index (Phi) is 9.62. The van der Waals surface area contributed by atoms with E-state index in [0.717, 1.165) is 23.8 Å². The highest BCUT2D eigenvalue weighted by atomic mass is 127. The molecule has 1 unspecified atom stereocenters. The molecule has 0 amide bonds. The van der Waals surface area contributed by atoms with Gasteiger partial charge in [0.25, 0.3) is 0 Å². The van der Waals surface area contributed by atoms with Gasteiger partial charge in [-0.2, -0.15) is 5.10 Å². The van der Waals surface area contributed by atoms with Crippen LogP contribution in [0.3, 0.4) is 0 Å². The van der Waals surface area contributed by atoms with Crippen LogP contribution in [0.2, 0.25) is 0 Å². The quantitative estimate of drug-likeness (QED) is 0.274. The van der Waals surface area contributed by atoms with E-state index >= 15 is 0 Å². The average molecular weight is 485 g/mol. The summed E-state index contributed by atoms with van der Waals surface area (Å²) in [4.78, 5) is 4.29. The number of rotatable bonds is 7. The number of ether oxygens (including phenoxy) is 1. The Morgan fingerprint density at radius 1 is 1.22 bits per heavy atom. The number of benzene rings is 1. The average Bonchev–Trinajstić information content (AvgIpc) is 2.85. The number of nitrogens with one attached hydrogen (secondary N) is 2. The van der Waals surface area contributed by atoms with E-state index in [2.05, 4.69) is 48.4 Å². The molecular formula is C20H32IN5O. The second kappa shape index (κ2) is 11.2. The second-order valence-electron chi connectivity index (χ2n) is 6.68. The number of aliphatic imine (C=N–C) groups is 1. The summed E-state index contributed by atoms with van der Waals surface area (Å²) in [6.45, 7) is 9.66. The van der Waals surface area contributed by atoms with Crippen molar-refractivity contribution in [3.05, 3.63) is 46.8 Å². The minimum absolute atomic E-state index is 0. The Bertz CT molecular complexity index is 740. The summed E-state index contributed by atoms with van der Waals surface area (Å²) in [6, 6.07) is 8.33. The largest absolute Gasteiger partial charge is 0.492 e. The summed E-state index contributed by atoms with van der Waals surface area (Å²) < 4.78 is 7.67. The molecule has 1 heterocycles. The Morgan fingerprint density at radius 2 is 1.89 bits per heavy atom. The monoisotopic (exact) mass is 485 g/mol. The summed E-state index contributed by atoms with van der Waals surface area (Å²) in [7, 11) is 3.77. The van der Waals surface area contributed by atoms with Gasteiger partial charge >= 0.3 is 0 Å². The topological polar surface area (TPSA) is 63.5 Å². The van der Waals surface area contributed by atoms with Crippen molar-refractivity contribution in [3.63, 3.8) is 0 Å². The SMILES string of the molecule is CN=C(NCCOc1ccc(C)cc1)NC(C)Cc1c(C)nn(C)c1C.I. The van der Waals surface area contributed by atoms with Crippen LogP contribution in [-0.4, -0.2) is 42.0 Å². The molecule has 0 spiro atoms. The lowest BCUT2D eigenvalue weighted by atomic mass is 10.1. The number of guanidine groups is 1. The third kappa shape index (κ3) is 7.04. The van der Waals surface area contributed by atoms with Crippen molar-refractivity contribution in [1.82, 2.24) is 20.4 Å². The second-order valence-corrected chi connectivity index (χ2v) is 6.68. The van der Waals surface area contributed by atoms with E-state index in [0.29, 0.717) is 13.2 Å². The number of hydrogen-bond donors (Lipinski definition) is 2. The summed E-state index contributed by atoms with van der Waals surface area (Å²) >= 11 is 0. The molecule has 0 aliphatic rings. The van der Waals surface area contributed by atoms with Crippen LogP contribution >= 0.6 is 24.0 Å². The van der Waals surface area contributed by atoms with Crippen molar-refractivity contribution in [1.29, 1.82) is 0 Å². The van der Waals surface area contributed by atoms with Crippen molar-refractivity contribution in [2.45, 2.75) is 40.2 Å². The van der Waals surface area contributed by atoms with Gasteiger partial charge in [0.2, 0.25) is 0 Å². The van der Waals surface area contributed by atoms with E-state index in [1.54, 1.807) is 7.05 Å². The number of nitrogens with zero attached hydrogens (tertiary/aromatic N) is 3. The zero-order chi connectivity index (χ0) is 19.1. The zero-order valence-electron chi connectivity index (χ0n) is 17.2. The molecule has 0 bridgehead atoms. The number of hydrogen-bond acceptors (Lipinski definition) is 3. The van der Waals surface area contributed by atoms with Crippen LogP contribution in [0.4, 0.5) is 0 Å². The highest BCUT2D eigenvalue weighted by Gasteiger charge is 2.13. The number of halogens is 1. The molecule has 0 fully saturated rings. The van der Waals surface area contributed by atoms with E-state index in [9.17, 15) is 0 Å². The first-order valence-electron chi connectivity index (χ1n) is 9.06. The van der Waals surface area contributed by atoms with E-state index in [1.165, 1.54) is 16.8 Å². The molecule has 6 nitrogen and oxygen atoms in total. The lowest BCUT2D eigenvalue weighted by Gasteiger charge is -2.18. The fourth-order valence-electron chi connectivity index (χ4n) is 2.87. The van der Waals surface area contributed by atoms with E-state index in [1.807, 2.05) is 36.0 Å². The maximum Gasteiger partial charge on any atom is 0.191 e. The first-order chi connectivity index (χ1) is 12.4. The highest BCUT2D eigenvalue weighted by molar-refractivity contribution is 14.0. The van der Waals surface area contributed by atoms with Gasteiger partial charge in [0, 0.05) is 25.8 Å². The van der Waals surface area contributed by atoms with Crippen molar-refractivity contribution in [2.75, 3.05) is 20.2 Å². The molecule has 27 heavy (non-hydrogen) atoms. The normalized spacial score (nSPS) is 12.3. The fourth-order valence-corrected chi connectivity index (χ4v) is 2.87. The third-order valence-electron chi connectivity index (χ3n) is 4.46. The summed E-state index contributed by atoms with van der Waals surface area (Å²) in [5.74, 6) is 1.67. The highest BCUT2D eigenvalue weighted by Crippen LogP contribution is 2.14. The molecule has 2 aromatic rings. The zero-order valence-corrected chi connectivity index (χ0v) is 19.5. The van der Waals surface area contributed by atoms with Crippen LogP contribution in [-0.2, 0) is 13.5 Å². The Balaban J connectivity index is 0.00000364. The summed E-state index contributed by atoms with van der Waals surface area (Å²) in [5, 5.41) is 11.2. The van der Waals surface area contributed by atoms with Gasteiger partial charge in [-0.3, -0.25) is 9.67 Å². The molecule has 0 saturated carbocycles. The van der Waals surface area contributed by atoms with E-state index in [4.69, 9.17) is 4.74 Å². The molecular weight excluding hydrogens is 453 g/mol. The molecule has 0 aliphatic heterocycles. The first-order valence-corrected chi connectivity index (χ1v) is 9.06. The Hall–Kier alpha value is -1.77. The first kappa shape index (κ1) is 23.3. The molecule has 0 aliphatic carbocycles. The lowest BCUT2D eigenvalue weighted by molar-refractivity contribution is 0.321. The van der Waals surface area contributed by atoms with Crippen LogP contribution in [0.5, 0.6) is 5.75 Å². The number of aromatic nitrogens is 2. The van der Waals surface area contributed by atoms with Crippen LogP contribution in [0.15, 0.2) is 29.3 Å². The van der Waals surface area contributed by atoms with Crippen molar-refractivity contribution < 1.29 is 4.74 Å². The third-order valence-corrected chi connectivity index (χ3v) is 4.46. The lowest BCUT2D eigenvalue weighted by Crippen LogP contribution is -2.44. The Labute approximate surface area is 179 Å². The van der Waals surface area contributed by atoms with E-state index < -0.39 is 0 Å². The van der Waals surface area contributed by atoms with Gasteiger partial charge in [0.15, 0.2) is 5.96 Å². The molecule has 0 saturated heterocycles. The Morgan fingerprint density at radius 3 is 2.44 bits per heavy atom.